The van der Waals surface area contributed by atoms with Crippen LogP contribution < -0.4 is 4.72 Å². The molecule has 7 heteroatoms. The second-order valence-electron chi connectivity index (χ2n) is 2.06. The topological polar surface area (TPSA) is 70.0 Å². The lowest BCUT2D eigenvalue weighted by molar-refractivity contribution is 0.153. The molecule has 70 valence electrons. The first-order chi connectivity index (χ1) is 5.40. The third-order valence-corrected chi connectivity index (χ3v) is 2.69. The van der Waals surface area contributed by atoms with E-state index < -0.39 is 28.2 Å². The monoisotopic (exact) mass is 198 g/mol. The van der Waals surface area contributed by atoms with Crippen LogP contribution in [0.25, 0.3) is 0 Å². The summed E-state index contributed by atoms with van der Waals surface area (Å²) in [4.78, 5) is 0. The highest BCUT2D eigenvalue weighted by molar-refractivity contribution is 7.90. The molecule has 1 N–H and O–H groups in total. The van der Waals surface area contributed by atoms with Gasteiger partial charge in [-0.05, 0) is 6.92 Å². The van der Waals surface area contributed by atoms with Gasteiger partial charge in [-0.25, -0.2) is 21.9 Å². The minimum absolute atomic E-state index is 0.950. The number of hydrogen-bond acceptors (Lipinski definition) is 3. The molecule has 0 spiro atoms. The van der Waals surface area contributed by atoms with Crippen molar-refractivity contribution in [3.8, 4) is 6.07 Å². The number of nitriles is 1. The number of nitrogens with one attached hydrogen (secondary N) is 1. The summed E-state index contributed by atoms with van der Waals surface area (Å²) in [5.41, 5.74) is 0. The second-order valence-corrected chi connectivity index (χ2v) is 4.14. The highest BCUT2D eigenvalue weighted by Gasteiger charge is 2.20. The Bertz CT molecular complexity index is 270. The van der Waals surface area contributed by atoms with Crippen LogP contribution in [0.2, 0.25) is 0 Å². The molecule has 0 aliphatic carbocycles. The molecular weight excluding hydrogens is 190 g/mol. The van der Waals surface area contributed by atoms with Gasteiger partial charge in [-0.15, -0.1) is 0 Å². The molecule has 0 bridgehead atoms. The minimum Gasteiger partial charge on any atom is -0.211 e. The van der Waals surface area contributed by atoms with Gasteiger partial charge in [0.25, 0.3) is 6.43 Å². The van der Waals surface area contributed by atoms with Crippen molar-refractivity contribution in [1.82, 2.24) is 4.72 Å². The molecule has 12 heavy (non-hydrogen) atoms. The van der Waals surface area contributed by atoms with Gasteiger partial charge in [-0.3, -0.25) is 0 Å². The van der Waals surface area contributed by atoms with Crippen LogP contribution in [0.15, 0.2) is 0 Å². The van der Waals surface area contributed by atoms with Crippen LogP contribution in [0.5, 0.6) is 0 Å². The molecule has 0 saturated carbocycles. The fourth-order valence-electron chi connectivity index (χ4n) is 0.374. The minimum atomic E-state index is -3.90. The Balaban J connectivity index is 4.18. The van der Waals surface area contributed by atoms with Crippen molar-refractivity contribution in [3.63, 3.8) is 0 Å². The van der Waals surface area contributed by atoms with Gasteiger partial charge in [0.1, 0.15) is 0 Å². The Kier molecular flexibility index (Phi) is 4.06. The van der Waals surface area contributed by atoms with E-state index in [-0.39, 0.29) is 0 Å². The van der Waals surface area contributed by atoms with E-state index in [4.69, 9.17) is 5.26 Å². The number of nitrogens with zero attached hydrogens (tertiary/aromatic N) is 1. The average Bonchev–Trinajstić information content (AvgIpc) is 1.99. The van der Waals surface area contributed by atoms with Crippen molar-refractivity contribution in [1.29, 1.82) is 5.26 Å². The SMILES string of the molecule is CC(C#N)S(=O)(=O)NCC(F)F. The Morgan fingerprint density at radius 2 is 2.08 bits per heavy atom. The molecule has 0 aromatic carbocycles. The van der Waals surface area contributed by atoms with Crippen LogP contribution in [0, 0.1) is 11.3 Å². The van der Waals surface area contributed by atoms with Crippen molar-refractivity contribution in [3.05, 3.63) is 0 Å². The molecule has 1 atom stereocenters. The molecule has 0 aromatic heterocycles. The van der Waals surface area contributed by atoms with Crippen LogP contribution in [0.4, 0.5) is 8.78 Å². The molecule has 0 heterocycles. The summed E-state index contributed by atoms with van der Waals surface area (Å²) >= 11 is 0. The summed E-state index contributed by atoms with van der Waals surface area (Å²) in [5.74, 6) is 0. The van der Waals surface area contributed by atoms with Gasteiger partial charge in [-0.2, -0.15) is 5.26 Å². The number of hydrogen-bond donors (Lipinski definition) is 1. The maximum Gasteiger partial charge on any atom is 0.251 e. The Morgan fingerprint density at radius 1 is 1.58 bits per heavy atom. The zero-order valence-corrected chi connectivity index (χ0v) is 7.11. The van der Waals surface area contributed by atoms with E-state index in [9.17, 15) is 17.2 Å². The summed E-state index contributed by atoms with van der Waals surface area (Å²) in [6.07, 6.45) is -2.74. The zero-order chi connectivity index (χ0) is 9.78. The molecular formula is C5H8F2N2O2S. The summed E-state index contributed by atoms with van der Waals surface area (Å²) < 4.78 is 46.3. The summed E-state index contributed by atoms with van der Waals surface area (Å²) in [6.45, 7) is 0.169. The largest absolute Gasteiger partial charge is 0.251 e. The normalized spacial score (nSPS) is 14.2. The zero-order valence-electron chi connectivity index (χ0n) is 6.29. The lowest BCUT2D eigenvalue weighted by Gasteiger charge is -2.06. The van der Waals surface area contributed by atoms with Crippen LogP contribution >= 0.6 is 0 Å². The molecule has 4 nitrogen and oxygen atoms in total. The Morgan fingerprint density at radius 3 is 2.42 bits per heavy atom. The highest BCUT2D eigenvalue weighted by Crippen LogP contribution is 1.97. The van der Waals surface area contributed by atoms with Gasteiger partial charge in [0.15, 0.2) is 5.25 Å². The van der Waals surface area contributed by atoms with Crippen molar-refractivity contribution in [2.75, 3.05) is 6.54 Å². The summed E-state index contributed by atoms with van der Waals surface area (Å²) in [7, 11) is -3.90. The van der Waals surface area contributed by atoms with E-state index in [0.29, 0.717) is 0 Å². The van der Waals surface area contributed by atoms with Crippen LogP contribution in [-0.4, -0.2) is 26.6 Å². The fraction of sp³-hybridized carbons (Fsp3) is 0.800. The molecule has 0 aliphatic rings. The smallest absolute Gasteiger partial charge is 0.211 e. The van der Waals surface area contributed by atoms with Crippen LogP contribution in [0.3, 0.4) is 0 Å². The lowest BCUT2D eigenvalue weighted by atomic mass is 10.5. The molecule has 0 rings (SSSR count). The molecule has 0 aromatic rings. The maximum atomic E-state index is 11.5. The quantitative estimate of drug-likeness (QED) is 0.695. The van der Waals surface area contributed by atoms with Crippen LogP contribution in [0.1, 0.15) is 6.92 Å². The maximum absolute atomic E-state index is 11.5. The van der Waals surface area contributed by atoms with E-state index in [2.05, 4.69) is 0 Å². The van der Waals surface area contributed by atoms with E-state index in [1.165, 1.54) is 6.07 Å². The van der Waals surface area contributed by atoms with Crippen molar-refractivity contribution >= 4 is 10.0 Å². The van der Waals surface area contributed by atoms with E-state index in [1.807, 2.05) is 0 Å². The van der Waals surface area contributed by atoms with Crippen LogP contribution in [-0.2, 0) is 10.0 Å². The number of rotatable bonds is 4. The second kappa shape index (κ2) is 4.33. The average molecular weight is 198 g/mol. The molecule has 0 aliphatic heterocycles. The van der Waals surface area contributed by atoms with Gasteiger partial charge in [0, 0.05) is 0 Å². The van der Waals surface area contributed by atoms with Gasteiger partial charge >= 0.3 is 0 Å². The summed E-state index contributed by atoms with van der Waals surface area (Å²) in [6, 6.07) is 1.43. The van der Waals surface area contributed by atoms with Gasteiger partial charge in [0.2, 0.25) is 10.0 Å². The summed E-state index contributed by atoms with van der Waals surface area (Å²) in [5, 5.41) is 6.87. The third kappa shape index (κ3) is 3.59. The molecule has 0 radical (unpaired) electrons. The predicted molar refractivity (Wildman–Crippen MR) is 38.0 cm³/mol. The third-order valence-electron chi connectivity index (χ3n) is 1.09. The number of sulfonamides is 1. The van der Waals surface area contributed by atoms with E-state index in [1.54, 1.807) is 4.72 Å². The lowest BCUT2D eigenvalue weighted by Crippen LogP contribution is -2.34. The Labute approximate surface area is 69.2 Å². The van der Waals surface area contributed by atoms with E-state index in [0.717, 1.165) is 6.92 Å². The Hall–Kier alpha value is -0.740. The number of halogens is 2. The highest BCUT2D eigenvalue weighted by atomic mass is 32.2. The number of alkyl halides is 2. The first-order valence-corrected chi connectivity index (χ1v) is 4.61. The first-order valence-electron chi connectivity index (χ1n) is 3.06. The first kappa shape index (κ1) is 11.3. The standard InChI is InChI=1S/C5H8F2N2O2S/c1-4(2-8)12(10,11)9-3-5(6)7/h4-5,9H,3H2,1H3. The molecule has 0 amide bonds. The van der Waals surface area contributed by atoms with Gasteiger partial charge < -0.3 is 0 Å². The van der Waals surface area contributed by atoms with Crippen molar-refractivity contribution in [2.24, 2.45) is 0 Å². The fourth-order valence-corrected chi connectivity index (χ4v) is 1.12. The van der Waals surface area contributed by atoms with E-state index >= 15 is 0 Å². The van der Waals surface area contributed by atoms with Gasteiger partial charge in [-0.1, -0.05) is 0 Å². The van der Waals surface area contributed by atoms with Gasteiger partial charge in [0.05, 0.1) is 12.6 Å². The predicted octanol–water partition coefficient (Wildman–Crippen LogP) is 0.0830. The van der Waals surface area contributed by atoms with Crippen molar-refractivity contribution < 1.29 is 17.2 Å². The molecule has 0 saturated heterocycles. The van der Waals surface area contributed by atoms with Crippen molar-refractivity contribution in [2.45, 2.75) is 18.6 Å². The molecule has 0 fully saturated rings. The molecule has 1 unspecified atom stereocenters.